The normalized spacial score (nSPS) is 11.9. The molecule has 1 heterocycles. The van der Waals surface area contributed by atoms with Crippen molar-refractivity contribution >= 4 is 10.1 Å². The SMILES string of the molecule is CC(C)([CH]=[Mo]=[N]c1c(F)c(F)c(F)c(F)c1F)c1ccccc1.Cc1cc(-c2cccc(-c3cc(C(C)(C)C)cc(C(C)(C)C)c3)c2O)cc(C(C)(C)C)c1.Cc1ccc(C)[n-]1. The van der Waals surface area contributed by atoms with E-state index in [1.807, 2.05) is 82.3 Å². The predicted molar refractivity (Wildman–Crippen MR) is 243 cm³/mol. The molecule has 5 aromatic carbocycles. The number of aromatic hydroxyl groups is 1. The Morgan fingerprint density at radius 1 is 0.500 bits per heavy atom. The zero-order valence-corrected chi connectivity index (χ0v) is 40.5. The first-order valence-electron chi connectivity index (χ1n) is 20.6. The van der Waals surface area contributed by atoms with E-state index in [4.69, 9.17) is 0 Å². The van der Waals surface area contributed by atoms with Crippen LogP contribution in [0.25, 0.3) is 22.3 Å². The number of aromatic nitrogens is 1. The van der Waals surface area contributed by atoms with Gasteiger partial charge < -0.3 is 10.1 Å². The van der Waals surface area contributed by atoms with Crippen molar-refractivity contribution in [2.75, 3.05) is 0 Å². The van der Waals surface area contributed by atoms with E-state index in [-0.39, 0.29) is 16.2 Å². The van der Waals surface area contributed by atoms with Gasteiger partial charge in [-0.15, -0.1) is 0 Å². The summed E-state index contributed by atoms with van der Waals surface area (Å²) in [6, 6.07) is 32.9. The number of phenolic OH excluding ortho intramolecular Hbond substituents is 1. The second-order valence-corrected chi connectivity index (χ2v) is 20.9. The molecule has 6 rings (SSSR count). The van der Waals surface area contributed by atoms with Gasteiger partial charge in [0.1, 0.15) is 5.75 Å². The molecule has 0 saturated carbocycles. The van der Waals surface area contributed by atoms with Gasteiger partial charge >= 0.3 is 138 Å². The van der Waals surface area contributed by atoms with E-state index >= 15 is 0 Å². The van der Waals surface area contributed by atoms with E-state index in [0.717, 1.165) is 39.2 Å². The largest absolute Gasteiger partial charge is 0.665 e. The molecule has 62 heavy (non-hydrogen) atoms. The maximum absolute atomic E-state index is 13.5. The Hall–Kier alpha value is -4.81. The Kier molecular flexibility index (Phi) is 15.8. The maximum atomic E-state index is 13.5. The summed E-state index contributed by atoms with van der Waals surface area (Å²) < 4.78 is 71.7. The fourth-order valence-corrected chi connectivity index (χ4v) is 8.21. The van der Waals surface area contributed by atoms with Crippen molar-refractivity contribution in [3.05, 3.63) is 165 Å². The number of hydrogen-bond donors (Lipinski definition) is 1. The summed E-state index contributed by atoms with van der Waals surface area (Å²) >= 11 is -1.47. The molecule has 1 N–H and O–H groups in total. The molecule has 0 radical (unpaired) electrons. The molecule has 6 aromatic rings. The van der Waals surface area contributed by atoms with Crippen molar-refractivity contribution in [3.8, 4) is 28.0 Å². The van der Waals surface area contributed by atoms with E-state index in [2.05, 4.69) is 120 Å². The van der Waals surface area contributed by atoms with E-state index in [9.17, 15) is 27.1 Å². The maximum Gasteiger partial charge on any atom is 0.131 e. The fourth-order valence-electron chi connectivity index (χ4n) is 6.44. The first kappa shape index (κ1) is 49.8. The second-order valence-electron chi connectivity index (χ2n) is 19.4. The number of hydrogen-bond acceptors (Lipinski definition) is 2. The molecular formula is C53H60F5MoN2O-. The number of rotatable bonds is 5. The Labute approximate surface area is 373 Å². The number of aryl methyl sites for hydroxylation is 3. The molecular weight excluding hydrogens is 872 g/mol. The van der Waals surface area contributed by atoms with Crippen molar-refractivity contribution in [1.82, 2.24) is 4.98 Å². The third kappa shape index (κ3) is 12.6. The Bertz CT molecular complexity index is 2500. The van der Waals surface area contributed by atoms with Gasteiger partial charge in [0, 0.05) is 11.1 Å². The first-order chi connectivity index (χ1) is 28.6. The summed E-state index contributed by atoms with van der Waals surface area (Å²) in [7, 11) is 0. The minimum atomic E-state index is -2.17. The van der Waals surface area contributed by atoms with Gasteiger partial charge in [-0.05, 0) is 51.0 Å². The minimum Gasteiger partial charge on any atom is -0.665 e. The molecule has 0 aliphatic rings. The van der Waals surface area contributed by atoms with Gasteiger partial charge in [-0.2, -0.15) is 11.4 Å². The third-order valence-corrected chi connectivity index (χ3v) is 12.8. The molecule has 0 fully saturated rings. The predicted octanol–water partition coefficient (Wildman–Crippen LogP) is 15.2. The topological polar surface area (TPSA) is 46.7 Å². The summed E-state index contributed by atoms with van der Waals surface area (Å²) in [5, 5.41) is 11.5. The van der Waals surface area contributed by atoms with Crippen LogP contribution in [0.2, 0.25) is 0 Å². The zero-order chi connectivity index (χ0) is 46.5. The molecule has 0 spiro atoms. The number of phenols is 1. The smallest absolute Gasteiger partial charge is 0.131 e. The van der Waals surface area contributed by atoms with Crippen molar-refractivity contribution < 1.29 is 45.0 Å². The van der Waals surface area contributed by atoms with Crippen molar-refractivity contribution in [3.63, 3.8) is 0 Å². The Morgan fingerprint density at radius 3 is 1.34 bits per heavy atom. The average Bonchev–Trinajstić information content (AvgIpc) is 3.58. The molecule has 3 nitrogen and oxygen atoms in total. The van der Waals surface area contributed by atoms with Crippen LogP contribution >= 0.6 is 0 Å². The van der Waals surface area contributed by atoms with Gasteiger partial charge in [0.2, 0.25) is 0 Å². The third-order valence-electron chi connectivity index (χ3n) is 10.4. The Morgan fingerprint density at radius 2 is 0.919 bits per heavy atom. The van der Waals surface area contributed by atoms with Crippen molar-refractivity contribution in [1.29, 1.82) is 0 Å². The van der Waals surface area contributed by atoms with Gasteiger partial charge in [0.05, 0.1) is 0 Å². The first-order valence-corrected chi connectivity index (χ1v) is 22.6. The van der Waals surface area contributed by atoms with Crippen molar-refractivity contribution in [2.24, 2.45) is 3.50 Å². The molecule has 1 aromatic heterocycles. The van der Waals surface area contributed by atoms with Crippen LogP contribution in [0.3, 0.4) is 0 Å². The molecule has 0 atom stereocenters. The molecule has 0 aliphatic carbocycles. The van der Waals surface area contributed by atoms with Crippen LogP contribution in [0.1, 0.15) is 115 Å². The summed E-state index contributed by atoms with van der Waals surface area (Å²) in [5.41, 5.74) is 10.8. The van der Waals surface area contributed by atoms with Gasteiger partial charge in [0.25, 0.3) is 0 Å². The Balaban J connectivity index is 0.000000244. The van der Waals surface area contributed by atoms with Crippen LogP contribution in [0.4, 0.5) is 27.6 Å². The molecule has 0 saturated heterocycles. The zero-order valence-electron chi connectivity index (χ0n) is 38.5. The molecule has 0 amide bonds. The van der Waals surface area contributed by atoms with E-state index in [0.29, 0.717) is 5.75 Å². The number of halogens is 5. The minimum absolute atomic E-state index is 0.0292. The van der Waals surface area contributed by atoms with E-state index in [1.54, 1.807) is 4.40 Å². The fraction of sp³-hybridized carbons (Fsp3) is 0.340. The molecule has 0 bridgehead atoms. The summed E-state index contributed by atoms with van der Waals surface area (Å²) in [6.45, 7) is 30.1. The van der Waals surface area contributed by atoms with Gasteiger partial charge in [-0.1, -0.05) is 148 Å². The monoisotopic (exact) mass is 933 g/mol. The molecule has 9 heteroatoms. The summed E-state index contributed by atoms with van der Waals surface area (Å²) in [6.07, 6.45) is 0. The van der Waals surface area contributed by atoms with Crippen LogP contribution in [-0.4, -0.2) is 9.51 Å². The van der Waals surface area contributed by atoms with E-state index < -0.39 is 58.1 Å². The summed E-state index contributed by atoms with van der Waals surface area (Å²) in [4.78, 5) is 4.11. The molecule has 330 valence electrons. The van der Waals surface area contributed by atoms with Crippen LogP contribution in [0.15, 0.2) is 101 Å². The standard InChI is InChI=1S/C31H40O.C10H12.C6F5N.C6H8N.Mo/c1-20-14-21(16-23(15-20)29(2,3)4)26-12-11-13-27(28(26)32)22-17-24(30(5,6)7)19-25(18-22)31(8,9)10;1-10(2,3)9-7-5-4-6-8-9;7-1-2(8)4(10)6(12)5(11)3(1)9;1-5-3-4-6(2)7-5;/h11-19,32H,1-10H3;1,4-8H,2-3H3;;3-4H,1-2H3;/q;;;-1;. The van der Waals surface area contributed by atoms with Crippen LogP contribution in [-0.2, 0) is 39.6 Å². The van der Waals surface area contributed by atoms with Crippen LogP contribution in [0.5, 0.6) is 5.75 Å². The van der Waals surface area contributed by atoms with Gasteiger partial charge in [-0.3, -0.25) is 0 Å². The van der Waals surface area contributed by atoms with Crippen LogP contribution in [0, 0.1) is 49.9 Å². The van der Waals surface area contributed by atoms with Gasteiger partial charge in [-0.25, -0.2) is 0 Å². The van der Waals surface area contributed by atoms with Crippen LogP contribution < -0.4 is 4.98 Å². The molecule has 0 aliphatic heterocycles. The number of para-hydroxylation sites is 1. The summed E-state index contributed by atoms with van der Waals surface area (Å²) in [5.74, 6) is -9.55. The second kappa shape index (κ2) is 19.7. The number of nitrogens with zero attached hydrogens (tertiary/aromatic N) is 2. The van der Waals surface area contributed by atoms with E-state index in [1.165, 1.54) is 22.3 Å². The van der Waals surface area contributed by atoms with Crippen molar-refractivity contribution in [2.45, 2.75) is 119 Å². The van der Waals surface area contributed by atoms with Gasteiger partial charge in [0.15, 0.2) is 0 Å². The number of benzene rings is 5. The average molecular weight is 932 g/mol. The molecule has 0 unspecified atom stereocenters. The quantitative estimate of drug-likeness (QED) is 0.0810.